The fourth-order valence-electron chi connectivity index (χ4n) is 2.25. The molecular weight excluding hydrogens is 369 g/mol. The lowest BCUT2D eigenvalue weighted by Crippen LogP contribution is -2.40. The van der Waals surface area contributed by atoms with Crippen LogP contribution in [0.25, 0.3) is 0 Å². The second kappa shape index (κ2) is 9.78. The molecule has 1 atom stereocenters. The van der Waals surface area contributed by atoms with Gasteiger partial charge in [0.25, 0.3) is 0 Å². The maximum Gasteiger partial charge on any atom is 0.194 e. The highest BCUT2D eigenvalue weighted by Crippen LogP contribution is 2.28. The van der Waals surface area contributed by atoms with Crippen LogP contribution in [0.5, 0.6) is 0 Å². The summed E-state index contributed by atoms with van der Waals surface area (Å²) in [6.45, 7) is 7.06. The smallest absolute Gasteiger partial charge is 0.194 e. The van der Waals surface area contributed by atoms with Gasteiger partial charge in [-0.1, -0.05) is 0 Å². The van der Waals surface area contributed by atoms with Gasteiger partial charge in [0, 0.05) is 39.4 Å². The number of nitrogens with zero attached hydrogens (tertiary/aromatic N) is 2. The van der Waals surface area contributed by atoms with E-state index in [0.717, 1.165) is 57.6 Å². The quantitative estimate of drug-likeness (QED) is 0.296. The molecule has 1 aliphatic carbocycles. The number of guanidine groups is 1. The molecule has 0 aromatic carbocycles. The highest BCUT2D eigenvalue weighted by atomic mass is 127. The molecule has 0 unspecified atom stereocenters. The number of halogens is 1. The monoisotopic (exact) mass is 397 g/mol. The summed E-state index contributed by atoms with van der Waals surface area (Å²) < 4.78 is 5.60. The Morgan fingerprint density at radius 2 is 2.20 bits per heavy atom. The minimum Gasteiger partial charge on any atom is -0.391 e. The first-order chi connectivity index (χ1) is 9.29. The van der Waals surface area contributed by atoms with Crippen molar-refractivity contribution < 1.29 is 9.84 Å². The molecule has 5 nitrogen and oxygen atoms in total. The fourth-order valence-corrected chi connectivity index (χ4v) is 2.25. The first kappa shape index (κ1) is 18.0. The van der Waals surface area contributed by atoms with Crippen LogP contribution in [-0.2, 0) is 4.74 Å². The van der Waals surface area contributed by atoms with Gasteiger partial charge in [-0.2, -0.15) is 0 Å². The van der Waals surface area contributed by atoms with Crippen molar-refractivity contribution in [3.63, 3.8) is 0 Å². The van der Waals surface area contributed by atoms with Gasteiger partial charge in [0.2, 0.25) is 0 Å². The molecule has 2 aliphatic rings. The zero-order chi connectivity index (χ0) is 13.5. The largest absolute Gasteiger partial charge is 0.391 e. The van der Waals surface area contributed by atoms with Crippen LogP contribution in [-0.4, -0.2) is 61.5 Å². The molecule has 1 aliphatic heterocycles. The van der Waals surface area contributed by atoms with Crippen molar-refractivity contribution in [2.24, 2.45) is 10.9 Å². The van der Waals surface area contributed by atoms with Crippen LogP contribution in [0.1, 0.15) is 32.6 Å². The van der Waals surface area contributed by atoms with Crippen LogP contribution in [0.2, 0.25) is 0 Å². The van der Waals surface area contributed by atoms with Crippen LogP contribution in [0.4, 0.5) is 0 Å². The van der Waals surface area contributed by atoms with Crippen molar-refractivity contribution in [3.05, 3.63) is 0 Å². The van der Waals surface area contributed by atoms with E-state index in [4.69, 9.17) is 4.74 Å². The van der Waals surface area contributed by atoms with Gasteiger partial charge in [-0.3, -0.25) is 4.99 Å². The Hall–Kier alpha value is -0.0800. The molecule has 1 saturated carbocycles. The molecule has 0 aromatic heterocycles. The number of hydrogen-bond donors (Lipinski definition) is 2. The van der Waals surface area contributed by atoms with E-state index >= 15 is 0 Å². The first-order valence-electron chi connectivity index (χ1n) is 7.58. The number of aliphatic imine (C=N–C) groups is 1. The van der Waals surface area contributed by atoms with Crippen LogP contribution in [0, 0.1) is 5.92 Å². The molecule has 2 N–H and O–H groups in total. The maximum absolute atomic E-state index is 9.57. The van der Waals surface area contributed by atoms with Gasteiger partial charge in [0.05, 0.1) is 6.10 Å². The van der Waals surface area contributed by atoms with E-state index in [1.54, 1.807) is 0 Å². The molecule has 0 radical (unpaired) electrons. The number of nitrogens with one attached hydrogen (secondary N) is 1. The van der Waals surface area contributed by atoms with Crippen LogP contribution < -0.4 is 5.32 Å². The number of likely N-dealkylation sites (tertiary alicyclic amines) is 1. The average Bonchev–Trinajstić information content (AvgIpc) is 3.13. The normalized spacial score (nSPS) is 22.8. The molecular formula is C14H28IN3O2. The van der Waals surface area contributed by atoms with E-state index in [1.807, 2.05) is 0 Å². The maximum atomic E-state index is 9.57. The van der Waals surface area contributed by atoms with Crippen molar-refractivity contribution in [3.8, 4) is 0 Å². The van der Waals surface area contributed by atoms with Gasteiger partial charge >= 0.3 is 0 Å². The van der Waals surface area contributed by atoms with Crippen LogP contribution in [0.15, 0.2) is 4.99 Å². The number of aliphatic hydroxyl groups excluding tert-OH is 1. The molecule has 6 heteroatoms. The number of aliphatic hydroxyl groups is 1. The molecule has 0 spiro atoms. The molecule has 0 amide bonds. The van der Waals surface area contributed by atoms with Gasteiger partial charge in [-0.05, 0) is 38.5 Å². The summed E-state index contributed by atoms with van der Waals surface area (Å²) in [5.74, 6) is 1.77. The number of ether oxygens (including phenoxy) is 1. The second-order valence-corrected chi connectivity index (χ2v) is 5.50. The Morgan fingerprint density at radius 3 is 2.80 bits per heavy atom. The van der Waals surface area contributed by atoms with Crippen LogP contribution in [0.3, 0.4) is 0 Å². The highest BCUT2D eigenvalue weighted by molar-refractivity contribution is 14.0. The molecule has 1 saturated heterocycles. The number of hydrogen-bond acceptors (Lipinski definition) is 3. The molecule has 1 heterocycles. The van der Waals surface area contributed by atoms with Crippen molar-refractivity contribution in [2.75, 3.05) is 39.4 Å². The van der Waals surface area contributed by atoms with E-state index in [1.165, 1.54) is 12.8 Å². The summed E-state index contributed by atoms with van der Waals surface area (Å²) in [4.78, 5) is 6.74. The highest BCUT2D eigenvalue weighted by Gasteiger charge is 2.22. The van der Waals surface area contributed by atoms with Crippen molar-refractivity contribution >= 4 is 29.9 Å². The average molecular weight is 397 g/mol. The Labute approximate surface area is 139 Å². The Kier molecular flexibility index (Phi) is 8.79. The lowest BCUT2D eigenvalue weighted by atomic mass is 10.3. The lowest BCUT2D eigenvalue weighted by molar-refractivity contribution is 0.123. The SMILES string of the molecule is CCNC(=NCCCOCC1CC1)N1CC[C@@H](O)C1.I. The molecule has 0 bridgehead atoms. The molecule has 2 fully saturated rings. The Bertz CT molecular complexity index is 298. The summed E-state index contributed by atoms with van der Waals surface area (Å²) in [6, 6.07) is 0. The summed E-state index contributed by atoms with van der Waals surface area (Å²) in [7, 11) is 0. The van der Waals surface area contributed by atoms with E-state index in [2.05, 4.69) is 22.1 Å². The zero-order valence-electron chi connectivity index (χ0n) is 12.4. The molecule has 0 aromatic rings. The molecule has 20 heavy (non-hydrogen) atoms. The predicted octanol–water partition coefficient (Wildman–Crippen LogP) is 1.45. The number of rotatable bonds is 7. The van der Waals surface area contributed by atoms with Crippen molar-refractivity contribution in [1.29, 1.82) is 0 Å². The summed E-state index contributed by atoms with van der Waals surface area (Å²) in [5.41, 5.74) is 0. The van der Waals surface area contributed by atoms with E-state index in [9.17, 15) is 5.11 Å². The minimum absolute atomic E-state index is 0. The van der Waals surface area contributed by atoms with E-state index < -0.39 is 0 Å². The summed E-state index contributed by atoms with van der Waals surface area (Å²) in [6.07, 6.45) is 4.30. The third-order valence-corrected chi connectivity index (χ3v) is 3.56. The minimum atomic E-state index is -0.203. The van der Waals surface area contributed by atoms with Gasteiger partial charge in [-0.15, -0.1) is 24.0 Å². The third kappa shape index (κ3) is 6.58. The topological polar surface area (TPSA) is 57.1 Å². The van der Waals surface area contributed by atoms with E-state index in [-0.39, 0.29) is 30.1 Å². The second-order valence-electron chi connectivity index (χ2n) is 5.50. The number of β-amino-alcohol motifs (C(OH)–C–C–N with tert-alkyl or cyclic N) is 1. The predicted molar refractivity (Wildman–Crippen MR) is 91.8 cm³/mol. The fraction of sp³-hybridized carbons (Fsp3) is 0.929. The standard InChI is InChI=1S/C14H27N3O2.HI/c1-2-15-14(17-8-6-13(18)10-17)16-7-3-9-19-11-12-4-5-12;/h12-13,18H,2-11H2,1H3,(H,15,16);1H/t13-;/m1./s1. The first-order valence-corrected chi connectivity index (χ1v) is 7.58. The van der Waals surface area contributed by atoms with Gasteiger partial charge in [0.1, 0.15) is 0 Å². The van der Waals surface area contributed by atoms with Gasteiger partial charge in [0.15, 0.2) is 5.96 Å². The third-order valence-electron chi connectivity index (χ3n) is 3.56. The molecule has 118 valence electrons. The van der Waals surface area contributed by atoms with Crippen molar-refractivity contribution in [1.82, 2.24) is 10.2 Å². The van der Waals surface area contributed by atoms with Gasteiger partial charge in [-0.25, -0.2) is 0 Å². The Morgan fingerprint density at radius 1 is 1.40 bits per heavy atom. The summed E-state index contributed by atoms with van der Waals surface area (Å²) >= 11 is 0. The summed E-state index contributed by atoms with van der Waals surface area (Å²) in [5, 5.41) is 12.9. The van der Waals surface area contributed by atoms with Crippen LogP contribution >= 0.6 is 24.0 Å². The zero-order valence-corrected chi connectivity index (χ0v) is 14.7. The van der Waals surface area contributed by atoms with Gasteiger partial charge < -0.3 is 20.1 Å². The lowest BCUT2D eigenvalue weighted by Gasteiger charge is -2.20. The Balaban J connectivity index is 0.00000200. The van der Waals surface area contributed by atoms with Crippen molar-refractivity contribution in [2.45, 2.75) is 38.7 Å². The van der Waals surface area contributed by atoms with E-state index in [0.29, 0.717) is 6.54 Å². The molecule has 2 rings (SSSR count).